The van der Waals surface area contributed by atoms with Crippen molar-refractivity contribution in [1.82, 2.24) is 10.2 Å². The van der Waals surface area contributed by atoms with E-state index in [2.05, 4.69) is 70.9 Å². The van der Waals surface area contributed by atoms with Crippen molar-refractivity contribution in [2.24, 2.45) is 0 Å². The fourth-order valence-corrected chi connectivity index (χ4v) is 4.01. The maximum atomic E-state index is 3.26. The van der Waals surface area contributed by atoms with Gasteiger partial charge in [0.05, 0.1) is 0 Å². The predicted molar refractivity (Wildman–Crippen MR) is 107 cm³/mol. The fraction of sp³-hybridized carbons (Fsp3) is 0.304. The summed E-state index contributed by atoms with van der Waals surface area (Å²) in [5.41, 5.74) is 8.54. The number of hydrogen-bond donors (Lipinski definition) is 1. The largest absolute Gasteiger partial charge is 0.318 e. The maximum absolute atomic E-state index is 3.26. The van der Waals surface area contributed by atoms with E-state index >= 15 is 0 Å². The lowest BCUT2D eigenvalue weighted by Crippen LogP contribution is -2.35. The SMILES string of the molecule is CNCCN1CCC(=C2c3ccccc3C=Cc3ccccc32)CC1. The van der Waals surface area contributed by atoms with Gasteiger partial charge in [-0.25, -0.2) is 0 Å². The molecule has 0 aromatic heterocycles. The molecule has 0 unspecified atom stereocenters. The molecular weight excluding hydrogens is 304 g/mol. The minimum absolute atomic E-state index is 1.07. The summed E-state index contributed by atoms with van der Waals surface area (Å²) in [6, 6.07) is 17.7. The topological polar surface area (TPSA) is 15.3 Å². The van der Waals surface area contributed by atoms with Gasteiger partial charge in [0.25, 0.3) is 0 Å². The number of fused-ring (bicyclic) bond motifs is 2. The van der Waals surface area contributed by atoms with E-state index in [0.29, 0.717) is 0 Å². The summed E-state index contributed by atoms with van der Waals surface area (Å²) in [5, 5.41) is 3.26. The molecule has 1 N–H and O–H groups in total. The van der Waals surface area contributed by atoms with Crippen LogP contribution in [-0.4, -0.2) is 38.1 Å². The Morgan fingerprint density at radius 2 is 1.40 bits per heavy atom. The van der Waals surface area contributed by atoms with Crippen molar-refractivity contribution in [2.75, 3.05) is 33.2 Å². The van der Waals surface area contributed by atoms with Crippen LogP contribution in [0.15, 0.2) is 54.1 Å². The van der Waals surface area contributed by atoms with Gasteiger partial charge >= 0.3 is 0 Å². The Hall–Kier alpha value is -2.16. The highest BCUT2D eigenvalue weighted by molar-refractivity contribution is 5.94. The van der Waals surface area contributed by atoms with Crippen LogP contribution in [0, 0.1) is 0 Å². The normalized spacial score (nSPS) is 17.2. The second-order valence-electron chi connectivity index (χ2n) is 6.93. The summed E-state index contributed by atoms with van der Waals surface area (Å²) in [6.45, 7) is 4.55. The molecule has 1 heterocycles. The number of piperidine rings is 1. The first-order valence-electron chi connectivity index (χ1n) is 9.32. The lowest BCUT2D eigenvalue weighted by molar-refractivity contribution is 0.259. The Bertz CT molecular complexity index is 755. The van der Waals surface area contributed by atoms with E-state index < -0.39 is 0 Å². The molecule has 2 aromatic carbocycles. The van der Waals surface area contributed by atoms with E-state index in [9.17, 15) is 0 Å². The highest BCUT2D eigenvalue weighted by atomic mass is 15.1. The van der Waals surface area contributed by atoms with Crippen molar-refractivity contribution in [3.05, 3.63) is 76.4 Å². The predicted octanol–water partition coefficient (Wildman–Crippen LogP) is 4.29. The first-order chi connectivity index (χ1) is 12.4. The third-order valence-corrected chi connectivity index (χ3v) is 5.39. The van der Waals surface area contributed by atoms with E-state index in [1.54, 1.807) is 5.57 Å². The summed E-state index contributed by atoms with van der Waals surface area (Å²) in [4.78, 5) is 2.58. The molecular formula is C23H26N2. The van der Waals surface area contributed by atoms with Gasteiger partial charge < -0.3 is 10.2 Å². The van der Waals surface area contributed by atoms with Gasteiger partial charge in [0.1, 0.15) is 0 Å². The summed E-state index contributed by atoms with van der Waals surface area (Å²) >= 11 is 0. The van der Waals surface area contributed by atoms with Crippen LogP contribution < -0.4 is 5.32 Å². The van der Waals surface area contributed by atoms with Crippen LogP contribution in [0.2, 0.25) is 0 Å². The van der Waals surface area contributed by atoms with Crippen molar-refractivity contribution in [1.29, 1.82) is 0 Å². The van der Waals surface area contributed by atoms with Crippen LogP contribution in [0.25, 0.3) is 17.7 Å². The van der Waals surface area contributed by atoms with E-state index in [4.69, 9.17) is 0 Å². The smallest absolute Gasteiger partial charge is 0.0107 e. The fourth-order valence-electron chi connectivity index (χ4n) is 4.01. The van der Waals surface area contributed by atoms with Crippen molar-refractivity contribution in [2.45, 2.75) is 12.8 Å². The third-order valence-electron chi connectivity index (χ3n) is 5.39. The average molecular weight is 330 g/mol. The number of hydrogen-bond acceptors (Lipinski definition) is 2. The molecule has 2 nitrogen and oxygen atoms in total. The molecule has 1 aliphatic heterocycles. The lowest BCUT2D eigenvalue weighted by atomic mass is 9.86. The highest BCUT2D eigenvalue weighted by Gasteiger charge is 2.22. The number of likely N-dealkylation sites (N-methyl/N-ethyl adjacent to an activating group) is 1. The van der Waals surface area contributed by atoms with Crippen LogP contribution in [0.5, 0.6) is 0 Å². The molecule has 0 spiro atoms. The molecule has 2 aliphatic rings. The number of rotatable bonds is 3. The summed E-state index contributed by atoms with van der Waals surface area (Å²) in [7, 11) is 2.03. The van der Waals surface area contributed by atoms with E-state index in [1.807, 2.05) is 7.05 Å². The second kappa shape index (κ2) is 7.38. The van der Waals surface area contributed by atoms with Crippen LogP contribution in [-0.2, 0) is 0 Å². The van der Waals surface area contributed by atoms with Crippen molar-refractivity contribution in [3.8, 4) is 0 Å². The van der Waals surface area contributed by atoms with Gasteiger partial charge in [-0.1, -0.05) is 66.3 Å². The van der Waals surface area contributed by atoms with Crippen LogP contribution in [0.4, 0.5) is 0 Å². The molecule has 1 fully saturated rings. The molecule has 0 bridgehead atoms. The summed E-state index contributed by atoms with van der Waals surface area (Å²) in [5.74, 6) is 0. The molecule has 1 saturated heterocycles. The zero-order valence-electron chi connectivity index (χ0n) is 15.0. The molecule has 2 heteroatoms. The van der Waals surface area contributed by atoms with E-state index in [1.165, 1.54) is 40.7 Å². The van der Waals surface area contributed by atoms with Crippen LogP contribution in [0.1, 0.15) is 35.1 Å². The number of likely N-dealkylation sites (tertiary alicyclic amines) is 1. The first kappa shape index (κ1) is 16.3. The van der Waals surface area contributed by atoms with Gasteiger partial charge in [0, 0.05) is 26.2 Å². The number of nitrogens with zero attached hydrogens (tertiary/aromatic N) is 1. The van der Waals surface area contributed by atoms with Gasteiger partial charge in [-0.2, -0.15) is 0 Å². The summed E-state index contributed by atoms with van der Waals surface area (Å²) < 4.78 is 0. The van der Waals surface area contributed by atoms with Gasteiger partial charge in [0.15, 0.2) is 0 Å². The van der Waals surface area contributed by atoms with Gasteiger partial charge in [-0.05, 0) is 47.7 Å². The molecule has 0 radical (unpaired) electrons. The minimum atomic E-state index is 1.07. The third kappa shape index (κ3) is 3.33. The lowest BCUT2D eigenvalue weighted by Gasteiger charge is -2.30. The van der Waals surface area contributed by atoms with Crippen molar-refractivity contribution in [3.63, 3.8) is 0 Å². The Morgan fingerprint density at radius 1 is 0.840 bits per heavy atom. The highest BCUT2D eigenvalue weighted by Crippen LogP contribution is 2.38. The molecule has 25 heavy (non-hydrogen) atoms. The van der Waals surface area contributed by atoms with E-state index in [-0.39, 0.29) is 0 Å². The van der Waals surface area contributed by atoms with Crippen LogP contribution in [0.3, 0.4) is 0 Å². The van der Waals surface area contributed by atoms with Crippen molar-refractivity contribution < 1.29 is 0 Å². The van der Waals surface area contributed by atoms with Gasteiger partial charge in [-0.3, -0.25) is 0 Å². The standard InChI is InChI=1S/C23H26N2/c1-24-14-17-25-15-12-20(13-16-25)23-21-8-4-2-6-18(21)10-11-19-7-3-5-9-22(19)23/h2-11,24H,12-17H2,1H3. The number of benzene rings is 2. The average Bonchev–Trinajstić information content (AvgIpc) is 2.84. The molecule has 4 rings (SSSR count). The Labute approximate surface area is 150 Å². The van der Waals surface area contributed by atoms with Crippen molar-refractivity contribution >= 4 is 17.7 Å². The zero-order valence-corrected chi connectivity index (χ0v) is 15.0. The molecule has 0 amide bonds. The molecule has 2 aromatic rings. The summed E-state index contributed by atoms with van der Waals surface area (Å²) in [6.07, 6.45) is 6.87. The second-order valence-corrected chi connectivity index (χ2v) is 6.93. The van der Waals surface area contributed by atoms with Gasteiger partial charge in [0.2, 0.25) is 0 Å². The molecule has 0 saturated carbocycles. The Kier molecular flexibility index (Phi) is 4.82. The maximum Gasteiger partial charge on any atom is 0.0107 e. The zero-order chi connectivity index (χ0) is 17.1. The quantitative estimate of drug-likeness (QED) is 0.771. The van der Waals surface area contributed by atoms with Crippen LogP contribution >= 0.6 is 0 Å². The van der Waals surface area contributed by atoms with Gasteiger partial charge in [-0.15, -0.1) is 0 Å². The Balaban J connectivity index is 1.75. The molecule has 1 aliphatic carbocycles. The van der Waals surface area contributed by atoms with E-state index in [0.717, 1.165) is 26.2 Å². The Morgan fingerprint density at radius 3 is 1.96 bits per heavy atom. The first-order valence-corrected chi connectivity index (χ1v) is 9.32. The number of nitrogens with one attached hydrogen (secondary N) is 1. The molecule has 128 valence electrons. The minimum Gasteiger partial charge on any atom is -0.318 e. The monoisotopic (exact) mass is 330 g/mol. The molecule has 0 atom stereocenters.